The lowest BCUT2D eigenvalue weighted by molar-refractivity contribution is 0.319. The lowest BCUT2D eigenvalue weighted by Gasteiger charge is -2.25. The first-order chi connectivity index (χ1) is 6.87. The Morgan fingerprint density at radius 2 is 1.60 bits per heavy atom. The maximum Gasteiger partial charge on any atom is 0.119 e. The number of nitrogens with one attached hydrogen (secondary N) is 1. The summed E-state index contributed by atoms with van der Waals surface area (Å²) in [5.74, 6) is 0.932. The Hall–Kier alpha value is -1.02. The van der Waals surface area contributed by atoms with Gasteiger partial charge in [0.25, 0.3) is 0 Å². The van der Waals surface area contributed by atoms with Crippen molar-refractivity contribution in [2.45, 2.75) is 38.8 Å². The average molecular weight is 205 g/mol. The van der Waals surface area contributed by atoms with Crippen LogP contribution in [0.1, 0.15) is 38.8 Å². The van der Waals surface area contributed by atoms with E-state index in [9.17, 15) is 0 Å². The summed E-state index contributed by atoms with van der Waals surface area (Å²) in [7, 11) is 1.71. The molecule has 0 atom stereocenters. The molecule has 2 rings (SSSR count). The van der Waals surface area contributed by atoms with E-state index >= 15 is 0 Å². The molecule has 0 aliphatic carbocycles. The number of hydrogen-bond donors (Lipinski definition) is 1. The van der Waals surface area contributed by atoms with Crippen LogP contribution in [-0.2, 0) is 11.1 Å². The number of fused-ring (bicyclic) bond motifs is 1. The van der Waals surface area contributed by atoms with E-state index in [1.807, 2.05) is 6.07 Å². The Bertz CT molecular complexity index is 394. The van der Waals surface area contributed by atoms with Gasteiger partial charge in [0.1, 0.15) is 5.75 Å². The molecule has 1 heterocycles. The molecule has 0 aromatic heterocycles. The van der Waals surface area contributed by atoms with Crippen LogP contribution >= 0.6 is 0 Å². The third-order valence-corrected chi connectivity index (χ3v) is 3.20. The summed E-state index contributed by atoms with van der Waals surface area (Å²) in [6.07, 6.45) is 0. The molecule has 0 unspecified atom stereocenters. The summed E-state index contributed by atoms with van der Waals surface area (Å²) < 4.78 is 5.27. The lowest BCUT2D eigenvalue weighted by Crippen LogP contribution is -2.39. The molecule has 0 amide bonds. The monoisotopic (exact) mass is 205 g/mol. The molecular formula is C13H19NO. The first-order valence-corrected chi connectivity index (χ1v) is 5.35. The minimum atomic E-state index is 0.0212. The van der Waals surface area contributed by atoms with Gasteiger partial charge < -0.3 is 4.74 Å². The van der Waals surface area contributed by atoms with Crippen molar-refractivity contribution in [1.82, 2.24) is 5.32 Å². The molecule has 1 aliphatic heterocycles. The van der Waals surface area contributed by atoms with Crippen LogP contribution in [-0.4, -0.2) is 7.11 Å². The quantitative estimate of drug-likeness (QED) is 0.761. The van der Waals surface area contributed by atoms with Crippen LogP contribution in [0.2, 0.25) is 0 Å². The van der Waals surface area contributed by atoms with Gasteiger partial charge >= 0.3 is 0 Å². The van der Waals surface area contributed by atoms with E-state index in [0.29, 0.717) is 0 Å². The van der Waals surface area contributed by atoms with Crippen LogP contribution in [0.3, 0.4) is 0 Å². The molecule has 82 valence electrons. The molecule has 1 aromatic rings. The van der Waals surface area contributed by atoms with Crippen molar-refractivity contribution in [1.29, 1.82) is 0 Å². The summed E-state index contributed by atoms with van der Waals surface area (Å²) in [6.45, 7) is 8.85. The fraction of sp³-hybridized carbons (Fsp3) is 0.538. The zero-order chi connectivity index (χ0) is 11.3. The van der Waals surface area contributed by atoms with Crippen molar-refractivity contribution in [3.05, 3.63) is 29.3 Å². The fourth-order valence-electron chi connectivity index (χ4n) is 2.63. The van der Waals surface area contributed by atoms with Crippen molar-refractivity contribution >= 4 is 0 Å². The molecule has 0 spiro atoms. The molecule has 1 aliphatic rings. The van der Waals surface area contributed by atoms with Crippen LogP contribution in [0.15, 0.2) is 18.2 Å². The van der Waals surface area contributed by atoms with E-state index in [0.717, 1.165) is 5.75 Å². The molecule has 2 nitrogen and oxygen atoms in total. The molecule has 0 saturated heterocycles. The number of hydrogen-bond acceptors (Lipinski definition) is 2. The molecule has 1 aromatic carbocycles. The normalized spacial score (nSPS) is 21.1. The molecule has 0 bridgehead atoms. The van der Waals surface area contributed by atoms with Gasteiger partial charge in [-0.25, -0.2) is 0 Å². The van der Waals surface area contributed by atoms with Crippen LogP contribution < -0.4 is 10.1 Å². The third-order valence-electron chi connectivity index (χ3n) is 3.20. The second-order valence-electron chi connectivity index (χ2n) is 5.29. The smallest absolute Gasteiger partial charge is 0.119 e. The topological polar surface area (TPSA) is 21.3 Å². The number of rotatable bonds is 1. The third kappa shape index (κ3) is 1.53. The first-order valence-electron chi connectivity index (χ1n) is 5.35. The van der Waals surface area contributed by atoms with Crippen molar-refractivity contribution in [2.24, 2.45) is 0 Å². The molecule has 1 N–H and O–H groups in total. The predicted molar refractivity (Wildman–Crippen MR) is 62.2 cm³/mol. The zero-order valence-electron chi connectivity index (χ0n) is 10.1. The minimum Gasteiger partial charge on any atom is -0.497 e. The largest absolute Gasteiger partial charge is 0.497 e. The van der Waals surface area contributed by atoms with Gasteiger partial charge in [0.2, 0.25) is 0 Å². The molecule has 0 radical (unpaired) electrons. The van der Waals surface area contributed by atoms with E-state index in [2.05, 4.69) is 45.1 Å². The number of benzene rings is 1. The molecular weight excluding hydrogens is 186 g/mol. The molecule has 15 heavy (non-hydrogen) atoms. The highest BCUT2D eigenvalue weighted by Crippen LogP contribution is 2.41. The fourth-order valence-corrected chi connectivity index (χ4v) is 2.63. The van der Waals surface area contributed by atoms with Crippen molar-refractivity contribution in [3.63, 3.8) is 0 Å². The summed E-state index contributed by atoms with van der Waals surface area (Å²) in [6, 6.07) is 6.33. The standard InChI is InChI=1S/C13H19NO/c1-12(2)10-7-6-9(15-5)8-11(10)13(3,4)14-12/h6-8,14H,1-5H3. The Morgan fingerprint density at radius 1 is 1.00 bits per heavy atom. The van der Waals surface area contributed by atoms with Crippen LogP contribution in [0.25, 0.3) is 0 Å². The maximum absolute atomic E-state index is 5.27. The second-order valence-corrected chi connectivity index (χ2v) is 5.29. The Morgan fingerprint density at radius 3 is 2.20 bits per heavy atom. The van der Waals surface area contributed by atoms with Gasteiger partial charge in [0.05, 0.1) is 7.11 Å². The average Bonchev–Trinajstić information content (AvgIpc) is 2.32. The highest BCUT2D eigenvalue weighted by Gasteiger charge is 2.40. The van der Waals surface area contributed by atoms with Crippen LogP contribution in [0.5, 0.6) is 5.75 Å². The van der Waals surface area contributed by atoms with E-state index in [4.69, 9.17) is 4.74 Å². The van der Waals surface area contributed by atoms with Crippen LogP contribution in [0.4, 0.5) is 0 Å². The van der Waals surface area contributed by atoms with Gasteiger partial charge in [-0.2, -0.15) is 0 Å². The highest BCUT2D eigenvalue weighted by atomic mass is 16.5. The van der Waals surface area contributed by atoms with Gasteiger partial charge in [-0.05, 0) is 51.0 Å². The summed E-state index contributed by atoms with van der Waals surface area (Å²) in [5.41, 5.74) is 2.78. The molecule has 0 saturated carbocycles. The van der Waals surface area contributed by atoms with Gasteiger partial charge in [0, 0.05) is 11.1 Å². The Kier molecular flexibility index (Phi) is 2.09. The van der Waals surface area contributed by atoms with Gasteiger partial charge in [-0.15, -0.1) is 0 Å². The molecule has 2 heteroatoms. The maximum atomic E-state index is 5.27. The summed E-state index contributed by atoms with van der Waals surface area (Å²) in [5, 5.41) is 3.63. The highest BCUT2D eigenvalue weighted by molar-refractivity contribution is 5.47. The van der Waals surface area contributed by atoms with Crippen molar-refractivity contribution in [2.75, 3.05) is 7.11 Å². The SMILES string of the molecule is COc1ccc2c(c1)C(C)(C)NC2(C)C. The Labute approximate surface area is 91.6 Å². The van der Waals surface area contributed by atoms with Crippen molar-refractivity contribution < 1.29 is 4.74 Å². The van der Waals surface area contributed by atoms with Gasteiger partial charge in [0.15, 0.2) is 0 Å². The number of ether oxygens (including phenoxy) is 1. The van der Waals surface area contributed by atoms with E-state index in [1.165, 1.54) is 11.1 Å². The summed E-state index contributed by atoms with van der Waals surface area (Å²) in [4.78, 5) is 0. The van der Waals surface area contributed by atoms with Crippen molar-refractivity contribution in [3.8, 4) is 5.75 Å². The van der Waals surface area contributed by atoms with Gasteiger partial charge in [-0.1, -0.05) is 6.07 Å². The first kappa shape index (κ1) is 10.5. The van der Waals surface area contributed by atoms with Crippen LogP contribution in [0, 0.1) is 0 Å². The second kappa shape index (κ2) is 2.99. The van der Waals surface area contributed by atoms with E-state index in [1.54, 1.807) is 7.11 Å². The molecule has 0 fully saturated rings. The van der Waals surface area contributed by atoms with E-state index in [-0.39, 0.29) is 11.1 Å². The number of methoxy groups -OCH3 is 1. The Balaban J connectivity index is 2.60. The van der Waals surface area contributed by atoms with E-state index < -0.39 is 0 Å². The lowest BCUT2D eigenvalue weighted by atomic mass is 9.90. The minimum absolute atomic E-state index is 0.0212. The predicted octanol–water partition coefficient (Wildman–Crippen LogP) is 2.77. The summed E-state index contributed by atoms with van der Waals surface area (Å²) >= 11 is 0. The zero-order valence-corrected chi connectivity index (χ0v) is 10.1. The van der Waals surface area contributed by atoms with Gasteiger partial charge in [-0.3, -0.25) is 5.32 Å².